The molecule has 0 aliphatic rings. The lowest BCUT2D eigenvalue weighted by atomic mass is 10.00. The molecule has 0 aromatic heterocycles. The molecular formula is C10H8N2O8. The first kappa shape index (κ1) is 15.2. The van der Waals surface area contributed by atoms with Crippen LogP contribution in [0, 0.1) is 0 Å². The van der Waals surface area contributed by atoms with Crippen molar-refractivity contribution in [2.45, 2.75) is 12.5 Å². The Labute approximate surface area is 110 Å². The second kappa shape index (κ2) is 5.39. The van der Waals surface area contributed by atoms with Crippen molar-refractivity contribution in [2.24, 2.45) is 9.98 Å². The Morgan fingerprint density at radius 2 is 1.45 bits per heavy atom. The smallest absolute Gasteiger partial charge is 0.307 e. The second-order valence-corrected chi connectivity index (χ2v) is 3.49. The fourth-order valence-electron chi connectivity index (χ4n) is 1.49. The van der Waals surface area contributed by atoms with Gasteiger partial charge in [-0.3, -0.25) is 0 Å². The van der Waals surface area contributed by atoms with Crippen LogP contribution in [0.4, 0.5) is 0 Å². The maximum atomic E-state index is 10.1. The van der Waals surface area contributed by atoms with E-state index in [1.54, 1.807) is 0 Å². The second-order valence-electron chi connectivity index (χ2n) is 3.49. The molecule has 0 fully saturated rings. The molecular weight excluding hydrogens is 276 g/mol. The summed E-state index contributed by atoms with van der Waals surface area (Å²) in [5, 5.41) is 56.8. The van der Waals surface area contributed by atoms with Crippen LogP contribution in [-0.2, 0) is 22.0 Å². The van der Waals surface area contributed by atoms with Crippen LogP contribution in [0.3, 0.4) is 0 Å². The first-order valence-electron chi connectivity index (χ1n) is 4.84. The van der Waals surface area contributed by atoms with Gasteiger partial charge in [-0.15, -0.1) is 4.99 Å². The standard InChI is InChI=1S/C10H8N2O8/c13-2-11-1-4-5(10(19,20)12-3-14)7(16)9(18)8(17)6(4)15/h15-20H,1H2. The van der Waals surface area contributed by atoms with Crippen molar-refractivity contribution in [1.29, 1.82) is 0 Å². The summed E-state index contributed by atoms with van der Waals surface area (Å²) in [6, 6.07) is 0. The SMILES string of the molecule is O=C=NCc1c(O)c(O)c(O)c(O)c1C(O)(O)N=C=O. The maximum Gasteiger partial charge on any atom is 0.307 e. The van der Waals surface area contributed by atoms with Gasteiger partial charge in [0.1, 0.15) is 0 Å². The molecule has 0 saturated heterocycles. The van der Waals surface area contributed by atoms with E-state index in [0.29, 0.717) is 0 Å². The van der Waals surface area contributed by atoms with Gasteiger partial charge in [-0.1, -0.05) is 0 Å². The third-order valence-corrected chi connectivity index (χ3v) is 2.34. The molecule has 1 rings (SSSR count). The number of aliphatic imine (C=N–C) groups is 2. The molecule has 0 amide bonds. The number of rotatable bonds is 4. The summed E-state index contributed by atoms with van der Waals surface area (Å²) in [5.41, 5.74) is -1.71. The van der Waals surface area contributed by atoms with E-state index in [1.807, 2.05) is 0 Å². The summed E-state index contributed by atoms with van der Waals surface area (Å²) in [6.07, 6.45) is 1.88. The van der Waals surface area contributed by atoms with Crippen molar-refractivity contribution in [3.05, 3.63) is 11.1 Å². The molecule has 0 aliphatic heterocycles. The van der Waals surface area contributed by atoms with Crippen molar-refractivity contribution < 1.29 is 40.2 Å². The lowest BCUT2D eigenvalue weighted by Gasteiger charge is -2.21. The zero-order valence-corrected chi connectivity index (χ0v) is 9.60. The van der Waals surface area contributed by atoms with Gasteiger partial charge < -0.3 is 30.6 Å². The van der Waals surface area contributed by atoms with Gasteiger partial charge in [0.25, 0.3) is 0 Å². The quantitative estimate of drug-likeness (QED) is 0.131. The normalized spacial score (nSPS) is 10.5. The van der Waals surface area contributed by atoms with Gasteiger partial charge >= 0.3 is 5.91 Å². The Hall–Kier alpha value is -2.90. The molecule has 0 bridgehead atoms. The minimum Gasteiger partial charge on any atom is -0.504 e. The van der Waals surface area contributed by atoms with E-state index in [4.69, 9.17) is 0 Å². The van der Waals surface area contributed by atoms with Crippen LogP contribution in [0.5, 0.6) is 23.0 Å². The molecule has 0 radical (unpaired) electrons. The van der Waals surface area contributed by atoms with Gasteiger partial charge in [0, 0.05) is 5.56 Å². The number of aromatic hydroxyl groups is 4. The summed E-state index contributed by atoms with van der Waals surface area (Å²) < 4.78 is 0. The van der Waals surface area contributed by atoms with E-state index < -0.39 is 46.6 Å². The van der Waals surface area contributed by atoms with Crippen molar-refractivity contribution in [3.8, 4) is 23.0 Å². The Morgan fingerprint density at radius 1 is 0.900 bits per heavy atom. The van der Waals surface area contributed by atoms with Crippen LogP contribution in [0.1, 0.15) is 11.1 Å². The molecule has 1 aromatic carbocycles. The molecule has 0 aliphatic carbocycles. The lowest BCUT2D eigenvalue weighted by molar-refractivity contribution is -0.162. The maximum absolute atomic E-state index is 10.1. The Kier molecular flexibility index (Phi) is 4.08. The van der Waals surface area contributed by atoms with Gasteiger partial charge in [-0.05, 0) is 0 Å². The number of hydrogen-bond donors (Lipinski definition) is 6. The van der Waals surface area contributed by atoms with E-state index in [1.165, 1.54) is 0 Å². The summed E-state index contributed by atoms with van der Waals surface area (Å²) in [6.45, 7) is -0.747. The highest BCUT2D eigenvalue weighted by atomic mass is 16.5. The third kappa shape index (κ3) is 2.44. The molecule has 0 atom stereocenters. The molecule has 0 unspecified atom stereocenters. The molecule has 10 heteroatoms. The summed E-state index contributed by atoms with van der Waals surface area (Å²) in [5.74, 6) is -8.22. The number of nitrogens with zero attached hydrogens (tertiary/aromatic N) is 2. The summed E-state index contributed by atoms with van der Waals surface area (Å²) >= 11 is 0. The van der Waals surface area contributed by atoms with E-state index >= 15 is 0 Å². The highest BCUT2D eigenvalue weighted by Crippen LogP contribution is 2.50. The van der Waals surface area contributed by atoms with Gasteiger partial charge in [-0.2, -0.15) is 0 Å². The average molecular weight is 284 g/mol. The van der Waals surface area contributed by atoms with E-state index in [9.17, 15) is 40.2 Å². The minimum atomic E-state index is -3.37. The van der Waals surface area contributed by atoms with E-state index in [-0.39, 0.29) is 0 Å². The number of carbonyl (C=O) groups excluding carboxylic acids is 2. The monoisotopic (exact) mass is 284 g/mol. The first-order valence-corrected chi connectivity index (χ1v) is 4.84. The number of phenols is 4. The van der Waals surface area contributed by atoms with E-state index in [0.717, 1.165) is 12.2 Å². The Balaban J connectivity index is 3.79. The third-order valence-electron chi connectivity index (χ3n) is 2.34. The van der Waals surface area contributed by atoms with Crippen LogP contribution in [0.25, 0.3) is 0 Å². The van der Waals surface area contributed by atoms with Crippen molar-refractivity contribution in [1.82, 2.24) is 0 Å². The minimum absolute atomic E-state index is 0.662. The van der Waals surface area contributed by atoms with Gasteiger partial charge in [-0.25, -0.2) is 14.6 Å². The Bertz CT molecular complexity index is 641. The zero-order valence-electron chi connectivity index (χ0n) is 9.60. The van der Waals surface area contributed by atoms with Crippen molar-refractivity contribution >= 4 is 12.2 Å². The van der Waals surface area contributed by atoms with Crippen LogP contribution in [0.2, 0.25) is 0 Å². The molecule has 0 spiro atoms. The molecule has 1 aromatic rings. The molecule has 6 N–H and O–H groups in total. The van der Waals surface area contributed by atoms with Gasteiger partial charge in [0.05, 0.1) is 12.1 Å². The fourth-order valence-corrected chi connectivity index (χ4v) is 1.49. The molecule has 10 nitrogen and oxygen atoms in total. The lowest BCUT2D eigenvalue weighted by Crippen LogP contribution is -2.24. The first-order chi connectivity index (χ1) is 9.27. The van der Waals surface area contributed by atoms with Crippen LogP contribution < -0.4 is 0 Å². The zero-order chi connectivity index (χ0) is 15.5. The largest absolute Gasteiger partial charge is 0.504 e. The predicted molar refractivity (Wildman–Crippen MR) is 59.2 cm³/mol. The van der Waals surface area contributed by atoms with Crippen LogP contribution >= 0.6 is 0 Å². The van der Waals surface area contributed by atoms with Gasteiger partial charge in [0.15, 0.2) is 11.5 Å². The average Bonchev–Trinajstić information content (AvgIpc) is 2.38. The van der Waals surface area contributed by atoms with E-state index in [2.05, 4.69) is 9.98 Å². The number of isocyanates is 2. The van der Waals surface area contributed by atoms with Gasteiger partial charge in [0.2, 0.25) is 23.7 Å². The number of benzene rings is 1. The molecule has 20 heavy (non-hydrogen) atoms. The highest BCUT2D eigenvalue weighted by molar-refractivity contribution is 5.66. The summed E-state index contributed by atoms with van der Waals surface area (Å²) in [4.78, 5) is 25.8. The fraction of sp³-hybridized carbons (Fsp3) is 0.200. The van der Waals surface area contributed by atoms with Crippen molar-refractivity contribution in [3.63, 3.8) is 0 Å². The highest BCUT2D eigenvalue weighted by Gasteiger charge is 2.37. The molecule has 0 saturated carbocycles. The number of hydrogen-bond acceptors (Lipinski definition) is 10. The predicted octanol–water partition coefficient (Wildman–Crippen LogP) is -1.22. The number of aliphatic hydroxyl groups is 2. The summed E-state index contributed by atoms with van der Waals surface area (Å²) in [7, 11) is 0. The molecule has 0 heterocycles. The van der Waals surface area contributed by atoms with Crippen molar-refractivity contribution in [2.75, 3.05) is 0 Å². The van der Waals surface area contributed by atoms with Crippen LogP contribution in [-0.4, -0.2) is 42.8 Å². The Morgan fingerprint density at radius 3 is 1.95 bits per heavy atom. The molecule has 106 valence electrons. The van der Waals surface area contributed by atoms with Crippen LogP contribution in [0.15, 0.2) is 9.98 Å². The number of phenolic OH excluding ortho intramolecular Hbond substituents is 4. The topological polar surface area (TPSA) is 180 Å².